The molecule has 0 fully saturated rings. The number of ether oxygens (including phenoxy) is 6. The molecule has 0 aromatic rings. The number of carbonyl (C=O) groups is 2. The van der Waals surface area contributed by atoms with Gasteiger partial charge in [0.25, 0.3) is 0 Å². The van der Waals surface area contributed by atoms with Crippen LogP contribution in [-0.2, 0) is 33.2 Å². The molecule has 0 saturated carbocycles. The van der Waals surface area contributed by atoms with Gasteiger partial charge in [0.2, 0.25) is 0 Å². The minimum absolute atomic E-state index is 0.141. The molecule has 0 saturated heterocycles. The normalized spacial score (nSPS) is 10.3. The molecule has 0 aromatic carbocycles. The SMILES string of the molecule is C=C(C)C(=O)OCCOCCNC(=O)NCCOCCOCCOCCOCCN=[N+]=[N-]. The molecule has 0 aliphatic carbocycles. The van der Waals surface area contributed by atoms with Crippen molar-refractivity contribution in [3.63, 3.8) is 0 Å². The van der Waals surface area contributed by atoms with Gasteiger partial charge in [0.1, 0.15) is 6.61 Å². The number of urea groups is 1. The van der Waals surface area contributed by atoms with Gasteiger partial charge in [0.15, 0.2) is 0 Å². The lowest BCUT2D eigenvalue weighted by Crippen LogP contribution is -2.39. The summed E-state index contributed by atoms with van der Waals surface area (Å²) in [4.78, 5) is 25.3. The van der Waals surface area contributed by atoms with Crippen LogP contribution in [0.25, 0.3) is 10.4 Å². The van der Waals surface area contributed by atoms with Crippen LogP contribution in [-0.4, -0.2) is 104 Å². The van der Waals surface area contributed by atoms with Gasteiger partial charge in [-0.25, -0.2) is 9.59 Å². The van der Waals surface area contributed by atoms with E-state index in [0.717, 1.165) is 0 Å². The average Bonchev–Trinajstić information content (AvgIpc) is 2.77. The van der Waals surface area contributed by atoms with Gasteiger partial charge in [-0.05, 0) is 12.5 Å². The maximum absolute atomic E-state index is 11.6. The van der Waals surface area contributed by atoms with Crippen LogP contribution in [0.3, 0.4) is 0 Å². The van der Waals surface area contributed by atoms with Crippen molar-refractivity contribution in [1.82, 2.24) is 10.6 Å². The van der Waals surface area contributed by atoms with Gasteiger partial charge in [0.05, 0.1) is 66.1 Å². The van der Waals surface area contributed by atoms with Gasteiger partial charge in [-0.3, -0.25) is 0 Å². The lowest BCUT2D eigenvalue weighted by atomic mass is 10.4. The summed E-state index contributed by atoms with van der Waals surface area (Å²) in [6, 6.07) is -0.318. The Morgan fingerprint density at radius 3 is 1.69 bits per heavy atom. The summed E-state index contributed by atoms with van der Waals surface area (Å²) in [5.74, 6) is -0.452. The zero-order valence-electron chi connectivity index (χ0n) is 18.7. The smallest absolute Gasteiger partial charge is 0.333 e. The Labute approximate surface area is 188 Å². The van der Waals surface area contributed by atoms with Crippen LogP contribution in [0.4, 0.5) is 4.79 Å². The summed E-state index contributed by atoms with van der Waals surface area (Å²) < 4.78 is 31.3. The fourth-order valence-corrected chi connectivity index (χ4v) is 1.87. The molecule has 2 N–H and O–H groups in total. The van der Waals surface area contributed by atoms with Gasteiger partial charge in [-0.15, -0.1) is 0 Å². The number of amides is 2. The van der Waals surface area contributed by atoms with Crippen LogP contribution in [0.5, 0.6) is 0 Å². The molecule has 13 nitrogen and oxygen atoms in total. The van der Waals surface area contributed by atoms with E-state index in [1.54, 1.807) is 6.92 Å². The Morgan fingerprint density at radius 2 is 1.22 bits per heavy atom. The van der Waals surface area contributed by atoms with E-state index in [9.17, 15) is 9.59 Å². The molecule has 0 aliphatic rings. The second-order valence-electron chi connectivity index (χ2n) is 6.12. The van der Waals surface area contributed by atoms with E-state index in [1.807, 2.05) is 0 Å². The number of hydrogen-bond donors (Lipinski definition) is 2. The first kappa shape index (κ1) is 29.6. The standard InChI is InChI=1S/C19H35N5O8/c1-17(2)18(25)32-16-15-28-7-4-22-19(26)21-3-6-27-9-11-30-13-14-31-12-10-29-8-5-23-24-20/h1,3-16H2,2H3,(H2,21,22,26). The van der Waals surface area contributed by atoms with Crippen LogP contribution >= 0.6 is 0 Å². The van der Waals surface area contributed by atoms with Gasteiger partial charge in [0, 0.05) is 30.1 Å². The molecular formula is C19H35N5O8. The van der Waals surface area contributed by atoms with Crippen molar-refractivity contribution < 1.29 is 38.0 Å². The highest BCUT2D eigenvalue weighted by atomic mass is 16.6. The van der Waals surface area contributed by atoms with Crippen LogP contribution in [0.15, 0.2) is 17.3 Å². The second kappa shape index (κ2) is 23.3. The maximum atomic E-state index is 11.6. The molecule has 0 radical (unpaired) electrons. The van der Waals surface area contributed by atoms with Crippen molar-refractivity contribution in [2.75, 3.05) is 92.3 Å². The molecule has 0 heterocycles. The van der Waals surface area contributed by atoms with E-state index in [0.29, 0.717) is 84.7 Å². The number of hydrogen-bond acceptors (Lipinski definition) is 9. The highest BCUT2D eigenvalue weighted by Crippen LogP contribution is 1.91. The van der Waals surface area contributed by atoms with Crippen molar-refractivity contribution in [2.24, 2.45) is 5.11 Å². The highest BCUT2D eigenvalue weighted by Gasteiger charge is 2.02. The molecule has 2 amide bonds. The van der Waals surface area contributed by atoms with Crippen molar-refractivity contribution in [3.05, 3.63) is 22.6 Å². The Kier molecular flexibility index (Phi) is 21.5. The minimum Gasteiger partial charge on any atom is -0.460 e. The minimum atomic E-state index is -0.452. The first-order chi connectivity index (χ1) is 15.6. The van der Waals surface area contributed by atoms with E-state index in [-0.39, 0.29) is 19.2 Å². The first-order valence-electron chi connectivity index (χ1n) is 10.3. The third-order valence-corrected chi connectivity index (χ3v) is 3.39. The quantitative estimate of drug-likeness (QED) is 0.0597. The summed E-state index contributed by atoms with van der Waals surface area (Å²) in [5.41, 5.74) is 8.43. The monoisotopic (exact) mass is 461 g/mol. The predicted molar refractivity (Wildman–Crippen MR) is 115 cm³/mol. The molecule has 0 unspecified atom stereocenters. The molecule has 0 spiro atoms. The lowest BCUT2D eigenvalue weighted by Gasteiger charge is -2.09. The number of esters is 1. The summed E-state index contributed by atoms with van der Waals surface area (Å²) in [6.07, 6.45) is 0. The van der Waals surface area contributed by atoms with Crippen molar-refractivity contribution in [2.45, 2.75) is 6.92 Å². The summed E-state index contributed by atoms with van der Waals surface area (Å²) in [7, 11) is 0. The first-order valence-corrected chi connectivity index (χ1v) is 10.3. The predicted octanol–water partition coefficient (Wildman–Crippen LogP) is 0.798. The molecule has 184 valence electrons. The topological polar surface area (TPSA) is 162 Å². The number of rotatable bonds is 22. The van der Waals surface area contributed by atoms with Crippen molar-refractivity contribution in [3.8, 4) is 0 Å². The van der Waals surface area contributed by atoms with E-state index in [4.69, 9.17) is 34.0 Å². The number of carbonyl (C=O) groups excluding carboxylic acids is 2. The summed E-state index contributed by atoms with van der Waals surface area (Å²) in [5, 5.41) is 8.63. The lowest BCUT2D eigenvalue weighted by molar-refractivity contribution is -0.140. The molecule has 13 heteroatoms. The van der Waals surface area contributed by atoms with Crippen molar-refractivity contribution >= 4 is 12.0 Å². The van der Waals surface area contributed by atoms with Crippen LogP contribution < -0.4 is 10.6 Å². The third kappa shape index (κ3) is 22.3. The van der Waals surface area contributed by atoms with Crippen LogP contribution in [0, 0.1) is 0 Å². The molecule has 0 bridgehead atoms. The van der Waals surface area contributed by atoms with Gasteiger partial charge >= 0.3 is 12.0 Å². The number of nitrogens with one attached hydrogen (secondary N) is 2. The largest absolute Gasteiger partial charge is 0.460 e. The molecule has 0 atom stereocenters. The molecular weight excluding hydrogens is 426 g/mol. The van der Waals surface area contributed by atoms with E-state index >= 15 is 0 Å². The second-order valence-corrected chi connectivity index (χ2v) is 6.12. The fourth-order valence-electron chi connectivity index (χ4n) is 1.87. The van der Waals surface area contributed by atoms with E-state index < -0.39 is 5.97 Å². The van der Waals surface area contributed by atoms with Gasteiger partial charge < -0.3 is 39.1 Å². The Balaban J connectivity index is 3.22. The zero-order chi connectivity index (χ0) is 23.7. The maximum Gasteiger partial charge on any atom is 0.333 e. The molecule has 0 aromatic heterocycles. The summed E-state index contributed by atoms with van der Waals surface area (Å²) >= 11 is 0. The van der Waals surface area contributed by atoms with E-state index in [1.165, 1.54) is 0 Å². The molecule has 32 heavy (non-hydrogen) atoms. The van der Waals surface area contributed by atoms with Crippen molar-refractivity contribution in [1.29, 1.82) is 0 Å². The highest BCUT2D eigenvalue weighted by molar-refractivity contribution is 5.86. The Hall–Kier alpha value is -2.41. The molecule has 0 rings (SSSR count). The average molecular weight is 462 g/mol. The number of nitrogens with zero attached hydrogens (tertiary/aromatic N) is 3. The summed E-state index contributed by atoms with van der Waals surface area (Å²) in [6.45, 7) is 10.1. The van der Waals surface area contributed by atoms with Gasteiger partial charge in [-0.1, -0.05) is 11.7 Å². The van der Waals surface area contributed by atoms with Crippen LogP contribution in [0.2, 0.25) is 0 Å². The van der Waals surface area contributed by atoms with E-state index in [2.05, 4.69) is 27.2 Å². The Morgan fingerprint density at radius 1 is 0.781 bits per heavy atom. The number of azide groups is 1. The van der Waals surface area contributed by atoms with Crippen LogP contribution in [0.1, 0.15) is 6.92 Å². The third-order valence-electron chi connectivity index (χ3n) is 3.39. The Bertz CT molecular complexity index is 558. The fraction of sp³-hybridized carbons (Fsp3) is 0.789. The zero-order valence-corrected chi connectivity index (χ0v) is 18.7. The molecule has 0 aliphatic heterocycles. The van der Waals surface area contributed by atoms with Gasteiger partial charge in [-0.2, -0.15) is 0 Å².